The van der Waals surface area contributed by atoms with E-state index in [1.165, 1.54) is 5.69 Å². The summed E-state index contributed by atoms with van der Waals surface area (Å²) >= 11 is 0. The summed E-state index contributed by atoms with van der Waals surface area (Å²) in [5.74, 6) is 0.677. The molecule has 4 heterocycles. The summed E-state index contributed by atoms with van der Waals surface area (Å²) in [6.07, 6.45) is 9.85. The third kappa shape index (κ3) is 2.77. The number of carbonyl (C=O) groups is 2. The van der Waals surface area contributed by atoms with Gasteiger partial charge in [-0.05, 0) is 39.0 Å². The van der Waals surface area contributed by atoms with Crippen LogP contribution in [0.2, 0.25) is 0 Å². The number of amides is 1. The highest BCUT2D eigenvalue weighted by molar-refractivity contribution is 5.83. The predicted octanol–water partition coefficient (Wildman–Crippen LogP) is 3.17. The number of hydrogen-bond acceptors (Lipinski definition) is 4. The van der Waals surface area contributed by atoms with Gasteiger partial charge in [0.1, 0.15) is 5.78 Å². The van der Waals surface area contributed by atoms with Crippen molar-refractivity contribution in [3.05, 3.63) is 29.2 Å². The number of Topliss-reactive ketones (excluding diaryl/α,β-unsaturated/α-hetero) is 1. The van der Waals surface area contributed by atoms with Crippen LogP contribution in [0.4, 0.5) is 0 Å². The van der Waals surface area contributed by atoms with E-state index in [1.807, 2.05) is 23.7 Å². The Morgan fingerprint density at radius 2 is 2.15 bits per heavy atom. The quantitative estimate of drug-likeness (QED) is 0.837. The summed E-state index contributed by atoms with van der Waals surface area (Å²) in [7, 11) is 0. The molecule has 27 heavy (non-hydrogen) atoms. The fourth-order valence-corrected chi connectivity index (χ4v) is 5.37. The number of aryl methyl sites for hydroxylation is 1. The molecule has 6 nitrogen and oxygen atoms in total. The van der Waals surface area contributed by atoms with Gasteiger partial charge in [-0.25, -0.2) is 9.50 Å². The monoisotopic (exact) mass is 366 g/mol. The van der Waals surface area contributed by atoms with Gasteiger partial charge in [-0.3, -0.25) is 9.59 Å². The van der Waals surface area contributed by atoms with Gasteiger partial charge in [0.15, 0.2) is 5.65 Å². The Balaban J connectivity index is 1.37. The molecule has 2 aromatic heterocycles. The Morgan fingerprint density at radius 1 is 1.26 bits per heavy atom. The molecular weight excluding hydrogens is 340 g/mol. The third-order valence-corrected chi connectivity index (χ3v) is 6.70. The summed E-state index contributed by atoms with van der Waals surface area (Å²) in [5.41, 5.74) is 4.23. The molecule has 142 valence electrons. The highest BCUT2D eigenvalue weighted by Gasteiger charge is 2.43. The first-order valence-corrected chi connectivity index (χ1v) is 10.3. The summed E-state index contributed by atoms with van der Waals surface area (Å²) in [6, 6.07) is 2.38. The molecule has 6 heteroatoms. The van der Waals surface area contributed by atoms with E-state index in [0.29, 0.717) is 18.6 Å². The number of fused-ring (bicyclic) bond motifs is 6. The van der Waals surface area contributed by atoms with Gasteiger partial charge in [0.2, 0.25) is 5.91 Å². The molecular formula is C21H26N4O2. The normalized spacial score (nSPS) is 27.2. The van der Waals surface area contributed by atoms with E-state index in [2.05, 4.69) is 15.0 Å². The average Bonchev–Trinajstić information content (AvgIpc) is 3.19. The topological polar surface area (TPSA) is 67.6 Å². The van der Waals surface area contributed by atoms with Gasteiger partial charge in [0, 0.05) is 49.0 Å². The van der Waals surface area contributed by atoms with Gasteiger partial charge < -0.3 is 4.90 Å². The van der Waals surface area contributed by atoms with Gasteiger partial charge in [0.25, 0.3) is 0 Å². The largest absolute Gasteiger partial charge is 0.332 e. The van der Waals surface area contributed by atoms with Crippen LogP contribution >= 0.6 is 0 Å². The van der Waals surface area contributed by atoms with Gasteiger partial charge in [0.05, 0.1) is 17.4 Å². The fraction of sp³-hybridized carbons (Fsp3) is 0.619. The van der Waals surface area contributed by atoms with E-state index in [-0.39, 0.29) is 23.9 Å². The molecule has 0 spiro atoms. The van der Waals surface area contributed by atoms with E-state index in [0.717, 1.165) is 61.9 Å². The van der Waals surface area contributed by atoms with Crippen molar-refractivity contribution in [2.75, 3.05) is 0 Å². The number of nitrogens with zero attached hydrogens (tertiary/aromatic N) is 4. The van der Waals surface area contributed by atoms with E-state index >= 15 is 0 Å². The Morgan fingerprint density at radius 3 is 3.00 bits per heavy atom. The van der Waals surface area contributed by atoms with Crippen molar-refractivity contribution in [2.24, 2.45) is 5.92 Å². The number of ketones is 1. The zero-order chi connectivity index (χ0) is 18.5. The molecule has 0 N–H and O–H groups in total. The third-order valence-electron chi connectivity index (χ3n) is 6.70. The second kappa shape index (κ2) is 6.43. The van der Waals surface area contributed by atoms with Crippen LogP contribution in [0, 0.1) is 12.8 Å². The molecule has 1 saturated heterocycles. The van der Waals surface area contributed by atoms with Crippen molar-refractivity contribution in [1.82, 2.24) is 19.5 Å². The number of aromatic nitrogens is 3. The molecule has 2 aliphatic heterocycles. The second-order valence-corrected chi connectivity index (χ2v) is 8.42. The Bertz CT molecular complexity index is 918. The summed E-state index contributed by atoms with van der Waals surface area (Å²) in [5, 5.41) is 4.61. The maximum Gasteiger partial charge on any atom is 0.223 e. The zero-order valence-electron chi connectivity index (χ0n) is 15.9. The summed E-state index contributed by atoms with van der Waals surface area (Å²) < 4.78 is 1.97. The van der Waals surface area contributed by atoms with Crippen molar-refractivity contribution >= 4 is 17.3 Å². The number of rotatable bonds is 3. The first-order valence-electron chi connectivity index (χ1n) is 10.3. The van der Waals surface area contributed by atoms with E-state index in [4.69, 9.17) is 0 Å². The SMILES string of the molecule is Cc1cc2ncc3c(n2n1)C[C@@H]1CC[C@H]3N1C(=O)CC[C@@H]1CCCCC1=O. The fourth-order valence-electron chi connectivity index (χ4n) is 5.37. The van der Waals surface area contributed by atoms with Crippen LogP contribution in [-0.4, -0.2) is 37.2 Å². The minimum absolute atomic E-state index is 0.103. The van der Waals surface area contributed by atoms with Crippen molar-refractivity contribution in [2.45, 2.75) is 76.8 Å². The van der Waals surface area contributed by atoms with Crippen molar-refractivity contribution in [1.29, 1.82) is 0 Å². The number of hydrogen-bond donors (Lipinski definition) is 0. The predicted molar refractivity (Wildman–Crippen MR) is 100 cm³/mol. The highest BCUT2D eigenvalue weighted by atomic mass is 16.2. The molecule has 3 aliphatic rings. The molecule has 0 radical (unpaired) electrons. The zero-order valence-corrected chi connectivity index (χ0v) is 15.9. The second-order valence-electron chi connectivity index (χ2n) is 8.42. The number of carbonyl (C=O) groups excluding carboxylic acids is 2. The van der Waals surface area contributed by atoms with Crippen LogP contribution in [0.25, 0.3) is 5.65 Å². The molecule has 5 rings (SSSR count). The van der Waals surface area contributed by atoms with Crippen LogP contribution in [-0.2, 0) is 16.0 Å². The van der Waals surface area contributed by atoms with Crippen LogP contribution in [0.1, 0.15) is 74.4 Å². The summed E-state index contributed by atoms with van der Waals surface area (Å²) in [6.45, 7) is 1.99. The van der Waals surface area contributed by atoms with Crippen LogP contribution < -0.4 is 0 Å². The lowest BCUT2D eigenvalue weighted by molar-refractivity contribution is -0.135. The average molecular weight is 366 g/mol. The molecule has 1 amide bonds. The van der Waals surface area contributed by atoms with E-state index < -0.39 is 0 Å². The van der Waals surface area contributed by atoms with E-state index in [9.17, 15) is 9.59 Å². The smallest absolute Gasteiger partial charge is 0.223 e. The Hall–Kier alpha value is -2.24. The van der Waals surface area contributed by atoms with Gasteiger partial charge in [-0.2, -0.15) is 5.10 Å². The molecule has 2 aromatic rings. The maximum absolute atomic E-state index is 13.1. The van der Waals surface area contributed by atoms with Crippen LogP contribution in [0.5, 0.6) is 0 Å². The summed E-state index contributed by atoms with van der Waals surface area (Å²) in [4.78, 5) is 31.8. The van der Waals surface area contributed by atoms with Crippen LogP contribution in [0.15, 0.2) is 12.3 Å². The first-order chi connectivity index (χ1) is 13.1. The lowest BCUT2D eigenvalue weighted by Gasteiger charge is -2.36. The maximum atomic E-state index is 13.1. The molecule has 0 unspecified atom stereocenters. The Labute approximate surface area is 158 Å². The van der Waals surface area contributed by atoms with Gasteiger partial charge in [-0.1, -0.05) is 6.42 Å². The van der Waals surface area contributed by atoms with Crippen molar-refractivity contribution < 1.29 is 9.59 Å². The van der Waals surface area contributed by atoms with Gasteiger partial charge >= 0.3 is 0 Å². The standard InChI is InChI=1S/C21H26N4O2/c1-13-10-20-22-12-16-17-8-7-15(11-18(16)25(20)23-13)24(17)21(27)9-6-14-4-2-3-5-19(14)26/h10,12,14-15,17H,2-9,11H2,1H3/t14-,15-,17+/m0/s1. The molecule has 3 atom stereocenters. The van der Waals surface area contributed by atoms with Gasteiger partial charge in [-0.15, -0.1) is 0 Å². The lowest BCUT2D eigenvalue weighted by atomic mass is 9.84. The van der Waals surface area contributed by atoms with Crippen LogP contribution in [0.3, 0.4) is 0 Å². The van der Waals surface area contributed by atoms with E-state index in [1.54, 1.807) is 0 Å². The van der Waals surface area contributed by atoms with Crippen molar-refractivity contribution in [3.8, 4) is 0 Å². The molecule has 1 saturated carbocycles. The lowest BCUT2D eigenvalue weighted by Crippen LogP contribution is -2.43. The molecule has 2 bridgehead atoms. The first kappa shape index (κ1) is 16.9. The Kier molecular flexibility index (Phi) is 4.02. The minimum Gasteiger partial charge on any atom is -0.332 e. The molecule has 1 aliphatic carbocycles. The molecule has 2 fully saturated rings. The minimum atomic E-state index is 0.103. The highest BCUT2D eigenvalue weighted by Crippen LogP contribution is 2.44. The van der Waals surface area contributed by atoms with Crippen molar-refractivity contribution in [3.63, 3.8) is 0 Å². The molecule has 0 aromatic carbocycles.